The first kappa shape index (κ1) is 19.3. The molecule has 0 bridgehead atoms. The molecular weight excluding hydrogens is 361 g/mol. The van der Waals surface area contributed by atoms with Gasteiger partial charge < -0.3 is 16.8 Å². The number of carbonyl (C=O) groups excluding carboxylic acids is 2. The lowest BCUT2D eigenvalue weighted by Crippen LogP contribution is -2.44. The molecule has 0 saturated heterocycles. The van der Waals surface area contributed by atoms with Crippen molar-refractivity contribution in [2.45, 2.75) is 26.8 Å². The fourth-order valence-corrected chi connectivity index (χ4v) is 2.81. The van der Waals surface area contributed by atoms with Gasteiger partial charge >= 0.3 is 0 Å². The maximum absolute atomic E-state index is 13.2. The summed E-state index contributed by atoms with van der Waals surface area (Å²) in [5, 5.41) is 7.45. The summed E-state index contributed by atoms with van der Waals surface area (Å²) in [6, 6.07) is 7.49. The van der Waals surface area contributed by atoms with Crippen molar-refractivity contribution in [3.8, 4) is 11.1 Å². The second kappa shape index (κ2) is 6.95. The third-order valence-electron chi connectivity index (χ3n) is 5.16. The van der Waals surface area contributed by atoms with E-state index < -0.39 is 23.3 Å². The van der Waals surface area contributed by atoms with Crippen molar-refractivity contribution in [2.24, 2.45) is 16.9 Å². The minimum atomic E-state index is -0.873. The summed E-state index contributed by atoms with van der Waals surface area (Å²) in [5.41, 5.74) is 13.0. The molecule has 5 N–H and O–H groups in total. The summed E-state index contributed by atoms with van der Waals surface area (Å²) in [5.74, 6) is -1.45. The van der Waals surface area contributed by atoms with Gasteiger partial charge in [-0.25, -0.2) is 8.91 Å². The molecule has 0 fully saturated rings. The van der Waals surface area contributed by atoms with Gasteiger partial charge in [0.1, 0.15) is 5.82 Å². The number of amides is 2. The lowest BCUT2D eigenvalue weighted by molar-refractivity contribution is -0.126. The normalized spacial score (nSPS) is 12.7. The summed E-state index contributed by atoms with van der Waals surface area (Å²) in [7, 11) is 0. The van der Waals surface area contributed by atoms with Crippen LogP contribution in [0.1, 0.15) is 31.1 Å². The molecule has 0 spiro atoms. The number of benzene rings is 1. The van der Waals surface area contributed by atoms with E-state index in [2.05, 4.69) is 10.4 Å². The van der Waals surface area contributed by atoms with E-state index in [9.17, 15) is 14.0 Å². The zero-order valence-electron chi connectivity index (χ0n) is 15.9. The Labute approximate surface area is 161 Å². The molecule has 1 atom stereocenters. The minimum Gasteiger partial charge on any atom is -0.379 e. The molecule has 28 heavy (non-hydrogen) atoms. The molecule has 0 aliphatic rings. The summed E-state index contributed by atoms with van der Waals surface area (Å²) < 4.78 is 14.8. The number of carbonyl (C=O) groups is 2. The predicted octanol–water partition coefficient (Wildman–Crippen LogP) is 2.55. The van der Waals surface area contributed by atoms with Crippen LogP contribution in [0.3, 0.4) is 0 Å². The van der Waals surface area contributed by atoms with Gasteiger partial charge in [0.25, 0.3) is 5.91 Å². The fraction of sp³-hybridized carbons (Fsp3) is 0.250. The first-order valence-corrected chi connectivity index (χ1v) is 8.75. The number of nitrogens with zero attached hydrogens (tertiary/aromatic N) is 2. The average Bonchev–Trinajstić information content (AvgIpc) is 3.06. The Kier molecular flexibility index (Phi) is 4.80. The first-order chi connectivity index (χ1) is 13.1. The smallest absolute Gasteiger partial charge is 0.252 e. The van der Waals surface area contributed by atoms with Gasteiger partial charge in [-0.3, -0.25) is 9.59 Å². The Morgan fingerprint density at radius 1 is 1.18 bits per heavy atom. The highest BCUT2D eigenvalue weighted by Gasteiger charge is 2.33. The van der Waals surface area contributed by atoms with E-state index in [0.29, 0.717) is 11.2 Å². The largest absolute Gasteiger partial charge is 0.379 e. The lowest BCUT2D eigenvalue weighted by Gasteiger charge is -2.30. The SMILES string of the molecule is CC(Nc1c(C(N)=O)cnn2cc(-c3ccc(F)cc3)cc12)C(C)(C)C(N)=O. The van der Waals surface area contributed by atoms with E-state index in [0.717, 1.165) is 11.1 Å². The van der Waals surface area contributed by atoms with Gasteiger partial charge in [0.05, 0.1) is 28.4 Å². The molecule has 0 saturated carbocycles. The number of nitrogens with one attached hydrogen (secondary N) is 1. The molecule has 2 heterocycles. The van der Waals surface area contributed by atoms with E-state index in [1.165, 1.54) is 18.3 Å². The van der Waals surface area contributed by atoms with Crippen LogP contribution in [-0.4, -0.2) is 27.5 Å². The van der Waals surface area contributed by atoms with Crippen molar-refractivity contribution in [3.05, 3.63) is 54.1 Å². The molecule has 146 valence electrons. The van der Waals surface area contributed by atoms with Crippen LogP contribution >= 0.6 is 0 Å². The molecule has 3 rings (SSSR count). The van der Waals surface area contributed by atoms with Gasteiger partial charge in [-0.05, 0) is 44.5 Å². The van der Waals surface area contributed by atoms with Crippen molar-refractivity contribution in [2.75, 3.05) is 5.32 Å². The van der Waals surface area contributed by atoms with Crippen molar-refractivity contribution in [3.63, 3.8) is 0 Å². The maximum Gasteiger partial charge on any atom is 0.252 e. The van der Waals surface area contributed by atoms with E-state index >= 15 is 0 Å². The molecule has 2 amide bonds. The summed E-state index contributed by atoms with van der Waals surface area (Å²) in [6.07, 6.45) is 3.14. The van der Waals surface area contributed by atoms with Gasteiger partial charge in [-0.2, -0.15) is 5.10 Å². The second-order valence-electron chi connectivity index (χ2n) is 7.31. The zero-order valence-corrected chi connectivity index (χ0v) is 15.9. The third-order valence-corrected chi connectivity index (χ3v) is 5.16. The predicted molar refractivity (Wildman–Crippen MR) is 105 cm³/mol. The Bertz CT molecular complexity index is 1060. The van der Waals surface area contributed by atoms with E-state index in [-0.39, 0.29) is 11.4 Å². The fourth-order valence-electron chi connectivity index (χ4n) is 2.81. The van der Waals surface area contributed by atoms with Crippen molar-refractivity contribution >= 4 is 23.0 Å². The monoisotopic (exact) mass is 383 g/mol. The Hall–Kier alpha value is -3.42. The van der Waals surface area contributed by atoms with Crippen LogP contribution in [0.4, 0.5) is 10.1 Å². The number of hydrogen-bond donors (Lipinski definition) is 3. The topological polar surface area (TPSA) is 116 Å². The van der Waals surface area contributed by atoms with Crippen LogP contribution in [-0.2, 0) is 4.79 Å². The molecule has 0 aliphatic carbocycles. The van der Waals surface area contributed by atoms with Crippen LogP contribution in [0.5, 0.6) is 0 Å². The Morgan fingerprint density at radius 2 is 1.82 bits per heavy atom. The van der Waals surface area contributed by atoms with Crippen LogP contribution < -0.4 is 16.8 Å². The van der Waals surface area contributed by atoms with Crippen LogP contribution in [0.2, 0.25) is 0 Å². The molecule has 8 heteroatoms. The number of halogens is 1. The van der Waals surface area contributed by atoms with Gasteiger partial charge in [0.2, 0.25) is 5.91 Å². The average molecular weight is 383 g/mol. The third kappa shape index (κ3) is 3.40. The van der Waals surface area contributed by atoms with Gasteiger partial charge in [0.15, 0.2) is 0 Å². The highest BCUT2D eigenvalue weighted by molar-refractivity contribution is 6.02. The molecule has 0 radical (unpaired) electrons. The van der Waals surface area contributed by atoms with E-state index in [4.69, 9.17) is 11.5 Å². The molecule has 2 aromatic heterocycles. The number of fused-ring (bicyclic) bond motifs is 1. The van der Waals surface area contributed by atoms with E-state index in [1.54, 1.807) is 43.6 Å². The van der Waals surface area contributed by atoms with Crippen molar-refractivity contribution < 1.29 is 14.0 Å². The highest BCUT2D eigenvalue weighted by Crippen LogP contribution is 2.31. The maximum atomic E-state index is 13.2. The lowest BCUT2D eigenvalue weighted by atomic mass is 9.84. The highest BCUT2D eigenvalue weighted by atomic mass is 19.1. The van der Waals surface area contributed by atoms with Crippen molar-refractivity contribution in [1.29, 1.82) is 0 Å². The minimum absolute atomic E-state index is 0.198. The zero-order chi connectivity index (χ0) is 20.6. The number of anilines is 1. The van der Waals surface area contributed by atoms with Gasteiger partial charge in [-0.15, -0.1) is 0 Å². The standard InChI is InChI=1S/C20H22FN5O2/c1-11(20(2,3)19(23)28)25-17-15(18(22)27)9-24-26-10-13(8-16(17)26)12-4-6-14(21)7-5-12/h4-11,25H,1-3H3,(H2,22,27)(H2,23,28). The summed E-state index contributed by atoms with van der Waals surface area (Å²) in [6.45, 7) is 5.24. The van der Waals surface area contributed by atoms with E-state index in [1.807, 2.05) is 6.07 Å². The van der Waals surface area contributed by atoms with Crippen LogP contribution in [0.15, 0.2) is 42.7 Å². The summed E-state index contributed by atoms with van der Waals surface area (Å²) in [4.78, 5) is 23.7. The Morgan fingerprint density at radius 3 is 2.39 bits per heavy atom. The number of aromatic nitrogens is 2. The second-order valence-corrected chi connectivity index (χ2v) is 7.31. The number of hydrogen-bond acceptors (Lipinski definition) is 4. The molecule has 7 nitrogen and oxygen atoms in total. The molecule has 1 unspecified atom stereocenters. The molecule has 3 aromatic rings. The first-order valence-electron chi connectivity index (χ1n) is 8.75. The molecular formula is C20H22FN5O2. The molecule has 1 aromatic carbocycles. The number of rotatable bonds is 6. The summed E-state index contributed by atoms with van der Waals surface area (Å²) >= 11 is 0. The number of primary amides is 2. The van der Waals surface area contributed by atoms with Gasteiger partial charge in [-0.1, -0.05) is 12.1 Å². The van der Waals surface area contributed by atoms with Crippen LogP contribution in [0.25, 0.3) is 16.6 Å². The quantitative estimate of drug-likeness (QED) is 0.606. The molecule has 0 aliphatic heterocycles. The van der Waals surface area contributed by atoms with Crippen molar-refractivity contribution in [1.82, 2.24) is 9.61 Å². The van der Waals surface area contributed by atoms with Crippen LogP contribution in [0, 0.1) is 11.2 Å². The van der Waals surface area contributed by atoms with Gasteiger partial charge in [0, 0.05) is 17.8 Å². The Balaban J connectivity index is 2.13. The number of nitrogens with two attached hydrogens (primary N) is 2.